The Bertz CT molecular complexity index is 1270. The number of hydrogen-bond acceptors (Lipinski definition) is 6. The van der Waals surface area contributed by atoms with Crippen molar-refractivity contribution in [1.29, 1.82) is 0 Å². The van der Waals surface area contributed by atoms with E-state index < -0.39 is 11.7 Å². The van der Waals surface area contributed by atoms with Gasteiger partial charge in [-0.1, -0.05) is 0 Å². The summed E-state index contributed by atoms with van der Waals surface area (Å²) in [7, 11) is 0. The molecule has 0 radical (unpaired) electrons. The lowest BCUT2D eigenvalue weighted by Crippen LogP contribution is -2.37. The number of carbonyl (C=O) groups excluding carboxylic acids is 1. The zero-order valence-corrected chi connectivity index (χ0v) is 19.8. The van der Waals surface area contributed by atoms with Gasteiger partial charge in [-0.2, -0.15) is 13.2 Å². The third-order valence-electron chi connectivity index (χ3n) is 6.91. The minimum Gasteiger partial charge on any atom is -0.383 e. The molecule has 2 N–H and O–H groups in total. The zero-order valence-electron chi connectivity index (χ0n) is 19.8. The highest BCUT2D eigenvalue weighted by molar-refractivity contribution is 5.99. The van der Waals surface area contributed by atoms with Crippen LogP contribution in [-0.4, -0.2) is 40.5 Å². The predicted molar refractivity (Wildman–Crippen MR) is 127 cm³/mol. The second-order valence-electron chi connectivity index (χ2n) is 9.35. The Morgan fingerprint density at radius 3 is 2.67 bits per heavy atom. The summed E-state index contributed by atoms with van der Waals surface area (Å²) in [6, 6.07) is 7.61. The van der Waals surface area contributed by atoms with Crippen molar-refractivity contribution in [2.75, 3.05) is 25.5 Å². The maximum atomic E-state index is 13.7. The van der Waals surface area contributed by atoms with Gasteiger partial charge in [0.2, 0.25) is 0 Å². The highest BCUT2D eigenvalue weighted by Crippen LogP contribution is 2.38. The number of pyridine rings is 2. The molecule has 5 rings (SSSR count). The number of alkyl halides is 3. The number of halogens is 3. The number of nitrogens with zero attached hydrogens (tertiary/aromatic N) is 3. The molecule has 0 saturated carbocycles. The van der Waals surface area contributed by atoms with Gasteiger partial charge in [-0.05, 0) is 61.6 Å². The summed E-state index contributed by atoms with van der Waals surface area (Å²) in [5, 5.41) is 0.813. The minimum atomic E-state index is -4.47. The number of anilines is 1. The number of aromatic nitrogens is 2. The van der Waals surface area contributed by atoms with Gasteiger partial charge in [0.25, 0.3) is 5.91 Å². The van der Waals surface area contributed by atoms with Crippen LogP contribution in [0.4, 0.5) is 19.0 Å². The average Bonchev–Trinajstić information content (AvgIpc) is 3.26. The number of amides is 1. The fourth-order valence-corrected chi connectivity index (χ4v) is 4.92. The molecule has 1 saturated heterocycles. The normalized spacial score (nSPS) is 18.4. The molecule has 4 heterocycles. The van der Waals surface area contributed by atoms with E-state index in [1.807, 2.05) is 13.0 Å². The molecule has 1 fully saturated rings. The molecule has 1 atom stereocenters. The van der Waals surface area contributed by atoms with Crippen molar-refractivity contribution in [3.8, 4) is 0 Å². The number of carbonyl (C=O) groups is 1. The van der Waals surface area contributed by atoms with Crippen molar-refractivity contribution in [2.24, 2.45) is 5.92 Å². The topological polar surface area (TPSA) is 90.6 Å². The van der Waals surface area contributed by atoms with Crippen LogP contribution in [0.1, 0.15) is 58.6 Å². The van der Waals surface area contributed by atoms with Crippen LogP contribution in [0.5, 0.6) is 0 Å². The van der Waals surface area contributed by atoms with E-state index >= 15 is 0 Å². The molecular weight excluding hydrogens is 473 g/mol. The summed E-state index contributed by atoms with van der Waals surface area (Å²) in [5.41, 5.74) is 8.65. The van der Waals surface area contributed by atoms with Crippen LogP contribution in [-0.2, 0) is 28.8 Å². The van der Waals surface area contributed by atoms with Crippen molar-refractivity contribution >= 4 is 22.6 Å². The molecule has 190 valence electrons. The Balaban J connectivity index is 1.46. The van der Waals surface area contributed by atoms with Crippen LogP contribution in [0.25, 0.3) is 10.9 Å². The molecule has 0 aliphatic carbocycles. The molecule has 0 bridgehead atoms. The number of nitrogen functional groups attached to an aromatic ring is 1. The second kappa shape index (κ2) is 9.67. The third-order valence-corrected chi connectivity index (χ3v) is 6.91. The lowest BCUT2D eigenvalue weighted by Gasteiger charge is -2.30. The molecule has 2 aromatic heterocycles. The highest BCUT2D eigenvalue weighted by Gasteiger charge is 2.31. The maximum absolute atomic E-state index is 13.7. The van der Waals surface area contributed by atoms with Crippen molar-refractivity contribution in [3.05, 3.63) is 64.5 Å². The monoisotopic (exact) mass is 500 g/mol. The van der Waals surface area contributed by atoms with Gasteiger partial charge in [0.1, 0.15) is 5.82 Å². The lowest BCUT2D eigenvalue weighted by molar-refractivity contribution is -0.137. The lowest BCUT2D eigenvalue weighted by atomic mass is 9.98. The van der Waals surface area contributed by atoms with Crippen LogP contribution in [0, 0.1) is 5.92 Å². The first-order valence-electron chi connectivity index (χ1n) is 11.9. The highest BCUT2D eigenvalue weighted by atomic mass is 19.4. The van der Waals surface area contributed by atoms with Crippen LogP contribution in [0.2, 0.25) is 0 Å². The standard InChI is InChI=1S/C26H27F3N4O3/c1-15-23-21(14-36-15)20-10-17(2-5-22(20)32-24(23)30)25(34)33(12-16-6-8-35-9-7-16)13-19-4-3-18(11-31-19)26(27,28)29/h2-5,10-11,15-16H,6-9,12-14H2,1H3,(H2,30,32)/t15-/m1/s1. The SMILES string of the molecule is C[C@H]1OCc2c1c(N)nc1ccc(C(=O)N(Cc3ccc(C(F)(F)F)cn3)CC3CCOCC3)cc21. The first-order valence-corrected chi connectivity index (χ1v) is 11.9. The Kier molecular flexibility index (Phi) is 6.57. The van der Waals surface area contributed by atoms with Crippen molar-refractivity contribution < 1.29 is 27.4 Å². The second-order valence-corrected chi connectivity index (χ2v) is 9.35. The van der Waals surface area contributed by atoms with Crippen LogP contribution >= 0.6 is 0 Å². The quantitative estimate of drug-likeness (QED) is 0.537. The van der Waals surface area contributed by atoms with Gasteiger partial charge in [0.15, 0.2) is 0 Å². The minimum absolute atomic E-state index is 0.102. The van der Waals surface area contributed by atoms with E-state index in [4.69, 9.17) is 15.2 Å². The number of rotatable bonds is 5. The van der Waals surface area contributed by atoms with Crippen molar-refractivity contribution in [1.82, 2.24) is 14.9 Å². The average molecular weight is 501 g/mol. The maximum Gasteiger partial charge on any atom is 0.417 e. The molecule has 2 aliphatic rings. The first kappa shape index (κ1) is 24.5. The van der Waals surface area contributed by atoms with E-state index in [1.54, 1.807) is 17.0 Å². The Labute approximate surface area is 206 Å². The molecular formula is C26H27F3N4O3. The van der Waals surface area contributed by atoms with E-state index in [-0.39, 0.29) is 24.5 Å². The molecule has 3 aromatic rings. The van der Waals surface area contributed by atoms with Crippen LogP contribution in [0.15, 0.2) is 36.5 Å². The van der Waals surface area contributed by atoms with Gasteiger partial charge in [-0.3, -0.25) is 9.78 Å². The first-order chi connectivity index (χ1) is 17.2. The number of ether oxygens (including phenoxy) is 2. The summed E-state index contributed by atoms with van der Waals surface area (Å²) in [6.45, 7) is 4.11. The molecule has 0 unspecified atom stereocenters. The van der Waals surface area contributed by atoms with Gasteiger partial charge < -0.3 is 20.1 Å². The molecule has 1 aromatic carbocycles. The summed E-state index contributed by atoms with van der Waals surface area (Å²) < 4.78 is 50.1. The number of fused-ring (bicyclic) bond motifs is 3. The van der Waals surface area contributed by atoms with Gasteiger partial charge in [0, 0.05) is 42.5 Å². The predicted octanol–water partition coefficient (Wildman–Crippen LogP) is 4.89. The summed E-state index contributed by atoms with van der Waals surface area (Å²) in [4.78, 5) is 23.9. The molecule has 10 heteroatoms. The van der Waals surface area contributed by atoms with E-state index in [0.29, 0.717) is 49.0 Å². The van der Waals surface area contributed by atoms with Crippen LogP contribution < -0.4 is 5.73 Å². The van der Waals surface area contributed by atoms with Gasteiger partial charge in [-0.25, -0.2) is 4.98 Å². The summed E-state index contributed by atoms with van der Waals surface area (Å²) in [6.07, 6.45) is -2.20. The Morgan fingerprint density at radius 1 is 1.19 bits per heavy atom. The summed E-state index contributed by atoms with van der Waals surface area (Å²) in [5.74, 6) is 0.441. The van der Waals surface area contributed by atoms with E-state index in [1.165, 1.54) is 6.07 Å². The fourth-order valence-electron chi connectivity index (χ4n) is 4.92. The largest absolute Gasteiger partial charge is 0.417 e. The van der Waals surface area contributed by atoms with Gasteiger partial charge >= 0.3 is 6.18 Å². The van der Waals surface area contributed by atoms with Gasteiger partial charge in [0.05, 0.1) is 36.0 Å². The molecule has 2 aliphatic heterocycles. The number of hydrogen-bond donors (Lipinski definition) is 1. The van der Waals surface area contributed by atoms with Crippen molar-refractivity contribution in [3.63, 3.8) is 0 Å². The van der Waals surface area contributed by atoms with E-state index in [9.17, 15) is 18.0 Å². The van der Waals surface area contributed by atoms with Crippen LogP contribution in [0.3, 0.4) is 0 Å². The van der Waals surface area contributed by atoms with Crippen molar-refractivity contribution in [2.45, 2.75) is 45.2 Å². The molecule has 36 heavy (non-hydrogen) atoms. The van der Waals surface area contributed by atoms with Gasteiger partial charge in [-0.15, -0.1) is 0 Å². The van der Waals surface area contributed by atoms with E-state index in [2.05, 4.69) is 9.97 Å². The fraction of sp³-hybridized carbons (Fsp3) is 0.423. The Morgan fingerprint density at radius 2 is 1.97 bits per heavy atom. The smallest absolute Gasteiger partial charge is 0.383 e. The molecule has 1 amide bonds. The Hall–Kier alpha value is -3.24. The molecule has 0 spiro atoms. The zero-order chi connectivity index (χ0) is 25.4. The third kappa shape index (κ3) is 4.87. The summed E-state index contributed by atoms with van der Waals surface area (Å²) >= 11 is 0. The molecule has 7 nitrogen and oxygen atoms in total. The number of nitrogens with two attached hydrogens (primary N) is 1. The number of benzene rings is 1. The van der Waals surface area contributed by atoms with E-state index in [0.717, 1.165) is 41.6 Å².